The average Bonchev–Trinajstić information content (AvgIpc) is 2.61. The number of amidine groups is 1. The third-order valence-electron chi connectivity index (χ3n) is 3.75. The normalized spacial score (nSPS) is 12.6. The zero-order valence-electron chi connectivity index (χ0n) is 15.2. The molecule has 0 aromatic heterocycles. The van der Waals surface area contributed by atoms with E-state index >= 15 is 0 Å². The van der Waals surface area contributed by atoms with Crippen LogP contribution in [-0.2, 0) is 5.66 Å². The third kappa shape index (κ3) is 5.93. The van der Waals surface area contributed by atoms with Crippen LogP contribution in [-0.4, -0.2) is 11.6 Å². The van der Waals surface area contributed by atoms with Crippen molar-refractivity contribution in [3.8, 4) is 0 Å². The van der Waals surface area contributed by atoms with Gasteiger partial charge in [-0.25, -0.2) is 4.99 Å². The van der Waals surface area contributed by atoms with Crippen LogP contribution in [0.2, 0.25) is 0 Å². The number of carbonyl (C=O) groups excluding carboxylic acids is 1. The van der Waals surface area contributed by atoms with Crippen LogP contribution in [0.3, 0.4) is 0 Å². The number of halogens is 2. The van der Waals surface area contributed by atoms with E-state index in [4.69, 9.17) is 0 Å². The summed E-state index contributed by atoms with van der Waals surface area (Å²) in [6.07, 6.45) is 3.30. The lowest BCUT2D eigenvalue weighted by atomic mass is 10.1. The number of hydrogen-bond acceptors (Lipinski definition) is 2. The van der Waals surface area contributed by atoms with E-state index in [9.17, 15) is 13.6 Å². The molecule has 1 atom stereocenters. The Morgan fingerprint density at radius 1 is 1.07 bits per heavy atom. The number of nitrogens with zero attached hydrogens (tertiary/aromatic N) is 1. The summed E-state index contributed by atoms with van der Waals surface area (Å²) in [6.45, 7) is 6.99. The number of rotatable bonds is 6. The first-order chi connectivity index (χ1) is 12.7. The van der Waals surface area contributed by atoms with Crippen molar-refractivity contribution in [3.63, 3.8) is 0 Å². The molecular formula is C21H21F2N2OP. The Labute approximate surface area is 160 Å². The van der Waals surface area contributed by atoms with Crippen LogP contribution in [0, 0.1) is 0 Å². The van der Waals surface area contributed by atoms with Crippen LogP contribution in [0.15, 0.2) is 72.3 Å². The molecule has 0 radical (unpaired) electrons. The van der Waals surface area contributed by atoms with Crippen molar-refractivity contribution >= 4 is 32.2 Å². The molecule has 1 unspecified atom stereocenters. The minimum Gasteiger partial charge on any atom is -0.344 e. The van der Waals surface area contributed by atoms with Gasteiger partial charge in [-0.3, -0.25) is 4.79 Å². The number of hydrogen-bond donors (Lipinski definition) is 1. The second kappa shape index (κ2) is 8.83. The predicted octanol–water partition coefficient (Wildman–Crippen LogP) is 5.87. The first-order valence-electron chi connectivity index (χ1n) is 8.24. The van der Waals surface area contributed by atoms with E-state index in [-0.39, 0.29) is 11.3 Å². The molecule has 6 heteroatoms. The molecule has 0 bridgehead atoms. The van der Waals surface area contributed by atoms with Gasteiger partial charge in [0.1, 0.15) is 5.84 Å². The van der Waals surface area contributed by atoms with Gasteiger partial charge in [0.2, 0.25) is 0 Å². The summed E-state index contributed by atoms with van der Waals surface area (Å²) in [4.78, 5) is 15.8. The quantitative estimate of drug-likeness (QED) is 0.222. The number of anilines is 1. The molecular weight excluding hydrogens is 365 g/mol. The van der Waals surface area contributed by atoms with Crippen LogP contribution in [0.1, 0.15) is 35.3 Å². The third-order valence-corrected chi connectivity index (χ3v) is 4.08. The van der Waals surface area contributed by atoms with Gasteiger partial charge in [-0.15, -0.1) is 0 Å². The van der Waals surface area contributed by atoms with Crippen molar-refractivity contribution in [1.29, 1.82) is 0 Å². The molecule has 1 N–H and O–H groups in total. The van der Waals surface area contributed by atoms with Crippen molar-refractivity contribution < 1.29 is 13.6 Å². The van der Waals surface area contributed by atoms with Crippen LogP contribution in [0.25, 0.3) is 5.70 Å². The minimum absolute atomic E-state index is 0.00245. The highest BCUT2D eigenvalue weighted by Crippen LogP contribution is 2.35. The number of nitrogens with one attached hydrogen (secondary N) is 1. The maximum absolute atomic E-state index is 13.3. The Hall–Kier alpha value is -2.65. The number of aliphatic imine (C=N–C) groups is 1. The number of allylic oxidation sites excluding steroid dienone is 2. The molecule has 0 aliphatic rings. The van der Waals surface area contributed by atoms with Crippen molar-refractivity contribution in [1.82, 2.24) is 0 Å². The molecule has 27 heavy (non-hydrogen) atoms. The summed E-state index contributed by atoms with van der Waals surface area (Å²) in [5, 5.41) is 3.14. The van der Waals surface area contributed by atoms with Gasteiger partial charge in [0, 0.05) is 22.4 Å². The predicted molar refractivity (Wildman–Crippen MR) is 111 cm³/mol. The molecule has 3 nitrogen and oxygen atoms in total. The smallest absolute Gasteiger partial charge is 0.283 e. The summed E-state index contributed by atoms with van der Waals surface area (Å²) in [6, 6.07) is 13.0. The number of carbonyl (C=O) groups is 1. The van der Waals surface area contributed by atoms with Gasteiger partial charge in [0.05, 0.1) is 5.70 Å². The molecule has 0 saturated heterocycles. The van der Waals surface area contributed by atoms with Crippen LogP contribution >= 0.6 is 9.24 Å². The summed E-state index contributed by atoms with van der Waals surface area (Å²) >= 11 is 0. The fourth-order valence-electron chi connectivity index (χ4n) is 2.38. The Balaban J connectivity index is 2.22. The summed E-state index contributed by atoms with van der Waals surface area (Å²) < 4.78 is 26.7. The topological polar surface area (TPSA) is 41.5 Å². The van der Waals surface area contributed by atoms with E-state index in [0.717, 1.165) is 5.69 Å². The lowest BCUT2D eigenvalue weighted by Gasteiger charge is -2.12. The highest BCUT2D eigenvalue weighted by atomic mass is 31.0. The molecule has 0 amide bonds. The van der Waals surface area contributed by atoms with E-state index < -0.39 is 5.66 Å². The second-order valence-corrected chi connectivity index (χ2v) is 6.67. The van der Waals surface area contributed by atoms with Gasteiger partial charge in [-0.05, 0) is 44.2 Å². The SMILES string of the molecule is C=C/C=C(\N=C(C)Nc1ccc(C(C)=O)cc1)c1ccc(C(F)(F)P)cc1. The number of Topliss-reactive ketones (excluding diaryl/α,β-unsaturated/α-hetero) is 1. The second-order valence-electron chi connectivity index (χ2n) is 5.94. The zero-order valence-corrected chi connectivity index (χ0v) is 16.3. The van der Waals surface area contributed by atoms with Crippen molar-refractivity contribution in [2.24, 2.45) is 4.99 Å². The van der Waals surface area contributed by atoms with Crippen molar-refractivity contribution in [2.45, 2.75) is 19.5 Å². The van der Waals surface area contributed by atoms with Gasteiger partial charge in [-0.1, -0.05) is 46.2 Å². The highest BCUT2D eigenvalue weighted by molar-refractivity contribution is 7.17. The first-order valence-corrected chi connectivity index (χ1v) is 8.82. The maximum atomic E-state index is 13.3. The van der Waals surface area contributed by atoms with Gasteiger partial charge in [0.25, 0.3) is 5.66 Å². The average molecular weight is 386 g/mol. The molecule has 0 heterocycles. The Morgan fingerprint density at radius 2 is 1.63 bits per heavy atom. The minimum atomic E-state index is -2.96. The van der Waals surface area contributed by atoms with Gasteiger partial charge in [0.15, 0.2) is 5.78 Å². The van der Waals surface area contributed by atoms with E-state index in [0.29, 0.717) is 22.7 Å². The summed E-state index contributed by atoms with van der Waals surface area (Å²) in [7, 11) is 1.53. The van der Waals surface area contributed by atoms with Gasteiger partial charge < -0.3 is 5.32 Å². The first kappa shape index (κ1) is 20.7. The Morgan fingerprint density at radius 3 is 2.11 bits per heavy atom. The molecule has 2 rings (SSSR count). The molecule has 0 aliphatic heterocycles. The largest absolute Gasteiger partial charge is 0.344 e. The highest BCUT2D eigenvalue weighted by Gasteiger charge is 2.23. The molecule has 0 fully saturated rings. The van der Waals surface area contributed by atoms with Crippen LogP contribution in [0.5, 0.6) is 0 Å². The fraction of sp³-hybridized carbons (Fsp3) is 0.143. The van der Waals surface area contributed by atoms with Crippen molar-refractivity contribution in [2.75, 3.05) is 5.32 Å². The standard InChI is InChI=1S/C21H21F2N2OP/c1-4-5-20(17-6-10-18(11-7-17)21(22,23)27)25-15(3)24-19-12-8-16(9-13-19)14(2)26/h4-13H,1,27H2,2-3H3,(H,24,25)/b20-5-. The molecule has 2 aromatic rings. The molecule has 2 aromatic carbocycles. The lowest BCUT2D eigenvalue weighted by molar-refractivity contribution is 0.101. The summed E-state index contributed by atoms with van der Waals surface area (Å²) in [5.74, 6) is 0.613. The van der Waals surface area contributed by atoms with E-state index in [1.54, 1.807) is 55.5 Å². The summed E-state index contributed by atoms with van der Waals surface area (Å²) in [5.41, 5.74) is -0.340. The van der Waals surface area contributed by atoms with E-state index in [2.05, 4.69) is 16.9 Å². The Kier molecular flexibility index (Phi) is 6.75. The number of ketones is 1. The maximum Gasteiger partial charge on any atom is 0.283 e. The van der Waals surface area contributed by atoms with Gasteiger partial charge >= 0.3 is 0 Å². The van der Waals surface area contributed by atoms with E-state index in [1.807, 2.05) is 0 Å². The van der Waals surface area contributed by atoms with E-state index in [1.165, 1.54) is 28.3 Å². The lowest BCUT2D eigenvalue weighted by Crippen LogP contribution is -2.08. The van der Waals surface area contributed by atoms with Crippen LogP contribution < -0.4 is 5.32 Å². The monoisotopic (exact) mass is 386 g/mol. The molecule has 0 spiro atoms. The fourth-order valence-corrected chi connectivity index (χ4v) is 2.57. The number of benzene rings is 2. The van der Waals surface area contributed by atoms with Crippen LogP contribution in [0.4, 0.5) is 14.5 Å². The molecule has 140 valence electrons. The zero-order chi connectivity index (χ0) is 20.0. The molecule has 0 aliphatic carbocycles. The Bertz CT molecular complexity index is 880. The number of alkyl halides is 2. The van der Waals surface area contributed by atoms with Gasteiger partial charge in [-0.2, -0.15) is 8.78 Å². The molecule has 0 saturated carbocycles. The van der Waals surface area contributed by atoms with Crippen molar-refractivity contribution in [3.05, 3.63) is 84.0 Å².